The zero-order valence-electron chi connectivity index (χ0n) is 17.7. The molecule has 1 saturated heterocycles. The van der Waals surface area contributed by atoms with Crippen molar-refractivity contribution in [3.05, 3.63) is 53.3 Å². The van der Waals surface area contributed by atoms with E-state index in [1.54, 1.807) is 12.4 Å². The van der Waals surface area contributed by atoms with Crippen molar-refractivity contribution in [1.82, 2.24) is 25.1 Å². The maximum absolute atomic E-state index is 6.31. The molecule has 1 aliphatic rings. The van der Waals surface area contributed by atoms with Crippen LogP contribution in [0, 0.1) is 0 Å². The SMILES string of the molecule is CCNC(=NCCN1CCN(c2ncccn2)CC1)N(C)Cc1ccccc1Cl.I. The van der Waals surface area contributed by atoms with E-state index in [9.17, 15) is 0 Å². The summed E-state index contributed by atoms with van der Waals surface area (Å²) >= 11 is 6.31. The Bertz CT molecular complexity index is 782. The first kappa shape index (κ1) is 24.6. The lowest BCUT2D eigenvalue weighted by Crippen LogP contribution is -2.47. The van der Waals surface area contributed by atoms with E-state index in [0.29, 0.717) is 0 Å². The third-order valence-corrected chi connectivity index (χ3v) is 5.32. The lowest BCUT2D eigenvalue weighted by molar-refractivity contribution is 0.263. The highest BCUT2D eigenvalue weighted by Gasteiger charge is 2.18. The minimum absolute atomic E-state index is 0. The Labute approximate surface area is 201 Å². The van der Waals surface area contributed by atoms with Gasteiger partial charge in [-0.3, -0.25) is 9.89 Å². The number of aliphatic imine (C=N–C) groups is 1. The molecule has 30 heavy (non-hydrogen) atoms. The van der Waals surface area contributed by atoms with Crippen LogP contribution >= 0.6 is 35.6 Å². The van der Waals surface area contributed by atoms with Gasteiger partial charge >= 0.3 is 0 Å². The highest BCUT2D eigenvalue weighted by molar-refractivity contribution is 14.0. The lowest BCUT2D eigenvalue weighted by atomic mass is 10.2. The number of nitrogens with one attached hydrogen (secondary N) is 1. The summed E-state index contributed by atoms with van der Waals surface area (Å²) in [6.07, 6.45) is 3.59. The van der Waals surface area contributed by atoms with Gasteiger partial charge in [0.25, 0.3) is 0 Å². The number of nitrogens with zero attached hydrogens (tertiary/aromatic N) is 6. The summed E-state index contributed by atoms with van der Waals surface area (Å²) in [5, 5.41) is 4.17. The predicted octanol–water partition coefficient (Wildman–Crippen LogP) is 2.97. The van der Waals surface area contributed by atoms with Crippen LogP contribution in [0.5, 0.6) is 0 Å². The molecule has 0 aliphatic carbocycles. The van der Waals surface area contributed by atoms with Crippen LogP contribution in [-0.4, -0.2) is 78.6 Å². The van der Waals surface area contributed by atoms with Crippen molar-refractivity contribution in [3.63, 3.8) is 0 Å². The van der Waals surface area contributed by atoms with Gasteiger partial charge < -0.3 is 15.1 Å². The van der Waals surface area contributed by atoms with Crippen molar-refractivity contribution in [3.8, 4) is 0 Å². The van der Waals surface area contributed by atoms with Gasteiger partial charge in [0.15, 0.2) is 5.96 Å². The maximum atomic E-state index is 6.31. The monoisotopic (exact) mass is 543 g/mol. The van der Waals surface area contributed by atoms with Crippen molar-refractivity contribution < 1.29 is 0 Å². The fraction of sp³-hybridized carbons (Fsp3) is 0.476. The Hall–Kier alpha value is -1.65. The largest absolute Gasteiger partial charge is 0.357 e. The van der Waals surface area contributed by atoms with E-state index in [1.165, 1.54) is 0 Å². The number of guanidine groups is 1. The van der Waals surface area contributed by atoms with Gasteiger partial charge in [0.1, 0.15) is 0 Å². The molecule has 3 rings (SSSR count). The normalized spacial score (nSPS) is 14.9. The second-order valence-electron chi connectivity index (χ2n) is 7.06. The average molecular weight is 544 g/mol. The molecule has 1 aromatic carbocycles. The average Bonchev–Trinajstić information content (AvgIpc) is 2.76. The number of hydrogen-bond donors (Lipinski definition) is 1. The molecule has 1 N–H and O–H groups in total. The predicted molar refractivity (Wildman–Crippen MR) is 135 cm³/mol. The first-order valence-corrected chi connectivity index (χ1v) is 10.5. The van der Waals surface area contributed by atoms with Gasteiger partial charge in [0.2, 0.25) is 5.95 Å². The fourth-order valence-corrected chi connectivity index (χ4v) is 3.55. The minimum Gasteiger partial charge on any atom is -0.357 e. The van der Waals surface area contributed by atoms with Crippen molar-refractivity contribution in [2.24, 2.45) is 4.99 Å². The zero-order chi connectivity index (χ0) is 20.5. The maximum Gasteiger partial charge on any atom is 0.225 e. The number of halogens is 2. The number of hydrogen-bond acceptors (Lipinski definition) is 5. The molecule has 0 atom stereocenters. The Morgan fingerprint density at radius 2 is 1.83 bits per heavy atom. The second-order valence-corrected chi connectivity index (χ2v) is 7.47. The fourth-order valence-electron chi connectivity index (χ4n) is 3.35. The summed E-state index contributed by atoms with van der Waals surface area (Å²) in [4.78, 5) is 20.3. The molecule has 0 spiro atoms. The van der Waals surface area contributed by atoms with Crippen molar-refractivity contribution in [2.45, 2.75) is 13.5 Å². The zero-order valence-corrected chi connectivity index (χ0v) is 20.8. The van der Waals surface area contributed by atoms with Crippen molar-refractivity contribution in [2.75, 3.05) is 57.8 Å². The van der Waals surface area contributed by atoms with Crippen LogP contribution in [0.15, 0.2) is 47.7 Å². The van der Waals surface area contributed by atoms with Crippen molar-refractivity contribution in [1.29, 1.82) is 0 Å². The van der Waals surface area contributed by atoms with E-state index < -0.39 is 0 Å². The number of aromatic nitrogens is 2. The molecule has 1 aromatic heterocycles. The molecule has 1 aliphatic heterocycles. The lowest BCUT2D eigenvalue weighted by Gasteiger charge is -2.34. The van der Waals surface area contributed by atoms with E-state index >= 15 is 0 Å². The van der Waals surface area contributed by atoms with Gasteiger partial charge in [-0.25, -0.2) is 9.97 Å². The van der Waals surface area contributed by atoms with E-state index in [-0.39, 0.29) is 24.0 Å². The number of benzene rings is 1. The summed E-state index contributed by atoms with van der Waals surface area (Å²) in [7, 11) is 2.05. The van der Waals surface area contributed by atoms with Crippen molar-refractivity contribution >= 4 is 47.5 Å². The topological polar surface area (TPSA) is 59.9 Å². The number of anilines is 1. The summed E-state index contributed by atoms with van der Waals surface area (Å²) in [5.41, 5.74) is 1.10. The molecular formula is C21H31ClIN7. The van der Waals surface area contributed by atoms with Crippen LogP contribution in [0.2, 0.25) is 5.02 Å². The molecule has 0 bridgehead atoms. The Kier molecular flexibility index (Phi) is 10.6. The highest BCUT2D eigenvalue weighted by atomic mass is 127. The molecule has 0 radical (unpaired) electrons. The molecule has 2 aromatic rings. The smallest absolute Gasteiger partial charge is 0.225 e. The Morgan fingerprint density at radius 3 is 2.50 bits per heavy atom. The first-order valence-electron chi connectivity index (χ1n) is 10.1. The van der Waals surface area contributed by atoms with E-state index in [4.69, 9.17) is 16.6 Å². The van der Waals surface area contributed by atoms with Gasteiger partial charge in [0.05, 0.1) is 6.54 Å². The van der Waals surface area contributed by atoms with Gasteiger partial charge in [-0.2, -0.15) is 0 Å². The van der Waals surface area contributed by atoms with E-state index in [0.717, 1.165) is 74.9 Å². The van der Waals surface area contributed by atoms with Crippen LogP contribution in [0.1, 0.15) is 12.5 Å². The van der Waals surface area contributed by atoms with Crippen LogP contribution in [-0.2, 0) is 6.54 Å². The van der Waals surface area contributed by atoms with Gasteiger partial charge in [0, 0.05) is 70.3 Å². The van der Waals surface area contributed by atoms with E-state index in [1.807, 2.05) is 31.3 Å². The summed E-state index contributed by atoms with van der Waals surface area (Å²) in [6.45, 7) is 9.24. The summed E-state index contributed by atoms with van der Waals surface area (Å²) in [6, 6.07) is 9.80. The van der Waals surface area contributed by atoms with E-state index in [2.05, 4.69) is 43.0 Å². The molecule has 0 amide bonds. The van der Waals surface area contributed by atoms with Gasteiger partial charge in [-0.05, 0) is 24.6 Å². The highest BCUT2D eigenvalue weighted by Crippen LogP contribution is 2.16. The van der Waals surface area contributed by atoms with Gasteiger partial charge in [-0.15, -0.1) is 24.0 Å². The molecule has 0 saturated carbocycles. The van der Waals surface area contributed by atoms with Gasteiger partial charge in [-0.1, -0.05) is 29.8 Å². The molecular weight excluding hydrogens is 513 g/mol. The summed E-state index contributed by atoms with van der Waals surface area (Å²) in [5.74, 6) is 1.73. The standard InChI is InChI=1S/C21H30ClN7.HI/c1-3-23-20(27(2)17-18-7-4-5-8-19(18)22)26-11-12-28-13-15-29(16-14-28)21-24-9-6-10-25-21;/h4-10H,3,11-17H2,1-2H3,(H,23,26);1H. The Morgan fingerprint density at radius 1 is 1.13 bits per heavy atom. The quantitative estimate of drug-likeness (QED) is 0.329. The molecule has 164 valence electrons. The first-order chi connectivity index (χ1) is 14.2. The molecule has 9 heteroatoms. The number of piperazine rings is 1. The summed E-state index contributed by atoms with van der Waals surface area (Å²) < 4.78 is 0. The number of rotatable bonds is 7. The minimum atomic E-state index is 0. The van der Waals surface area contributed by atoms with Crippen LogP contribution in [0.25, 0.3) is 0 Å². The van der Waals surface area contributed by atoms with Crippen LogP contribution < -0.4 is 10.2 Å². The Balaban J connectivity index is 0.00000320. The second kappa shape index (κ2) is 12.9. The van der Waals surface area contributed by atoms with Crippen LogP contribution in [0.3, 0.4) is 0 Å². The molecule has 2 heterocycles. The molecule has 1 fully saturated rings. The third-order valence-electron chi connectivity index (χ3n) is 4.95. The van der Waals surface area contributed by atoms with Crippen LogP contribution in [0.4, 0.5) is 5.95 Å². The molecule has 7 nitrogen and oxygen atoms in total. The third kappa shape index (κ3) is 7.24. The molecule has 0 unspecified atom stereocenters.